The number of anilines is 2. The molecule has 0 spiro atoms. The highest BCUT2D eigenvalue weighted by molar-refractivity contribution is 5.77. The molecule has 7 nitrogen and oxygen atoms in total. The van der Waals surface area contributed by atoms with Crippen molar-refractivity contribution in [1.29, 1.82) is 0 Å². The predicted octanol–water partition coefficient (Wildman–Crippen LogP) is 3.04. The topological polar surface area (TPSA) is 65.1 Å². The molecule has 0 N–H and O–H groups in total. The first kappa shape index (κ1) is 19.4. The van der Waals surface area contributed by atoms with Gasteiger partial charge in [0.15, 0.2) is 11.2 Å². The van der Waals surface area contributed by atoms with Gasteiger partial charge in [0.05, 0.1) is 6.54 Å². The van der Waals surface area contributed by atoms with Crippen molar-refractivity contribution < 1.29 is 0 Å². The Morgan fingerprint density at radius 3 is 2.55 bits per heavy atom. The lowest BCUT2D eigenvalue weighted by Gasteiger charge is -2.33. The molecule has 0 fully saturated rings. The second-order valence-electron chi connectivity index (χ2n) is 8.47. The van der Waals surface area contributed by atoms with E-state index in [2.05, 4.69) is 36.9 Å². The zero-order valence-electron chi connectivity index (χ0n) is 17.9. The summed E-state index contributed by atoms with van der Waals surface area (Å²) in [7, 11) is 1.69. The van der Waals surface area contributed by atoms with Gasteiger partial charge in [0.2, 0.25) is 5.95 Å². The second-order valence-corrected chi connectivity index (χ2v) is 8.47. The number of aryl methyl sites for hydroxylation is 2. The highest BCUT2D eigenvalue weighted by Crippen LogP contribution is 2.33. The molecular weight excluding hydrogens is 390 g/mol. The number of fused-ring (bicyclic) bond motifs is 3. The van der Waals surface area contributed by atoms with E-state index in [0.717, 1.165) is 23.4 Å². The number of benzene rings is 2. The van der Waals surface area contributed by atoms with E-state index >= 15 is 0 Å². The Hall–Kier alpha value is -3.61. The van der Waals surface area contributed by atoms with E-state index in [0.29, 0.717) is 29.6 Å². The Kier molecular flexibility index (Phi) is 4.54. The van der Waals surface area contributed by atoms with Crippen molar-refractivity contribution in [3.05, 3.63) is 86.6 Å². The van der Waals surface area contributed by atoms with Gasteiger partial charge < -0.3 is 9.47 Å². The molecule has 0 amide bonds. The molecule has 0 unspecified atom stereocenters. The summed E-state index contributed by atoms with van der Waals surface area (Å²) in [5.74, 6) is 1.04. The Bertz CT molecular complexity index is 1400. The lowest BCUT2D eigenvalue weighted by Crippen LogP contribution is -2.40. The summed E-state index contributed by atoms with van der Waals surface area (Å²) in [5.41, 5.74) is 3.38. The Labute approximate surface area is 179 Å². The van der Waals surface area contributed by atoms with Gasteiger partial charge in [-0.25, -0.2) is 4.79 Å². The lowest BCUT2D eigenvalue weighted by molar-refractivity contribution is 0.458. The van der Waals surface area contributed by atoms with Gasteiger partial charge in [-0.05, 0) is 36.1 Å². The van der Waals surface area contributed by atoms with Crippen LogP contribution >= 0.6 is 0 Å². The largest absolute Gasteiger partial charge is 0.332 e. The average Bonchev–Trinajstić information content (AvgIpc) is 3.15. The molecule has 0 saturated carbocycles. The number of aromatic nitrogens is 4. The van der Waals surface area contributed by atoms with Crippen LogP contribution in [0.2, 0.25) is 0 Å². The van der Waals surface area contributed by atoms with Gasteiger partial charge in [0, 0.05) is 25.8 Å². The molecule has 2 aromatic heterocycles. The van der Waals surface area contributed by atoms with Crippen LogP contribution < -0.4 is 16.1 Å². The van der Waals surface area contributed by atoms with Crippen LogP contribution in [0, 0.1) is 12.8 Å². The fourth-order valence-electron chi connectivity index (χ4n) is 4.42. The minimum absolute atomic E-state index is 0.236. The van der Waals surface area contributed by atoms with Crippen LogP contribution in [0.25, 0.3) is 11.2 Å². The van der Waals surface area contributed by atoms with Gasteiger partial charge in [0.1, 0.15) is 0 Å². The number of rotatable bonds is 3. The van der Waals surface area contributed by atoms with Gasteiger partial charge in [-0.15, -0.1) is 0 Å². The summed E-state index contributed by atoms with van der Waals surface area (Å²) in [6.07, 6.45) is 0. The van der Waals surface area contributed by atoms with Crippen molar-refractivity contribution in [1.82, 2.24) is 18.7 Å². The predicted molar refractivity (Wildman–Crippen MR) is 122 cm³/mol. The molecule has 1 aliphatic rings. The quantitative estimate of drug-likeness (QED) is 0.516. The molecule has 0 radical (unpaired) electrons. The summed E-state index contributed by atoms with van der Waals surface area (Å²) in [6.45, 7) is 5.96. The van der Waals surface area contributed by atoms with E-state index in [4.69, 9.17) is 4.98 Å². The molecule has 4 aromatic rings. The minimum atomic E-state index is -0.355. The van der Waals surface area contributed by atoms with Crippen LogP contribution in [-0.4, -0.2) is 25.2 Å². The maximum atomic E-state index is 13.5. The van der Waals surface area contributed by atoms with E-state index in [1.54, 1.807) is 7.05 Å². The summed E-state index contributed by atoms with van der Waals surface area (Å²) >= 11 is 0. The molecule has 1 aliphatic heterocycles. The number of hydrogen-bond acceptors (Lipinski definition) is 4. The molecule has 5 rings (SSSR count). The molecule has 0 saturated heterocycles. The summed E-state index contributed by atoms with van der Waals surface area (Å²) < 4.78 is 4.78. The minimum Gasteiger partial charge on any atom is -0.312 e. The third-order valence-electron chi connectivity index (χ3n) is 5.94. The fraction of sp³-hybridized carbons (Fsp3) is 0.292. The lowest BCUT2D eigenvalue weighted by atomic mass is 10.1. The second kappa shape index (κ2) is 7.27. The number of nitrogens with zero attached hydrogens (tertiary/aromatic N) is 5. The first-order valence-electron chi connectivity index (χ1n) is 10.5. The zero-order valence-corrected chi connectivity index (χ0v) is 17.9. The summed E-state index contributed by atoms with van der Waals surface area (Å²) in [6, 6.07) is 17.8. The zero-order chi connectivity index (χ0) is 21.7. The van der Waals surface area contributed by atoms with Crippen molar-refractivity contribution in [3.8, 4) is 0 Å². The van der Waals surface area contributed by atoms with E-state index in [1.165, 1.54) is 9.13 Å². The van der Waals surface area contributed by atoms with Crippen LogP contribution in [0.15, 0.2) is 64.2 Å². The normalized spacial score (nSPS) is 16.0. The monoisotopic (exact) mass is 415 g/mol. The Morgan fingerprint density at radius 2 is 1.81 bits per heavy atom. The van der Waals surface area contributed by atoms with E-state index in [-0.39, 0.29) is 17.8 Å². The third-order valence-corrected chi connectivity index (χ3v) is 5.94. The Morgan fingerprint density at radius 1 is 1.03 bits per heavy atom. The van der Waals surface area contributed by atoms with Crippen molar-refractivity contribution in [2.45, 2.75) is 26.9 Å². The van der Waals surface area contributed by atoms with E-state index in [9.17, 15) is 9.59 Å². The molecular formula is C24H25N5O2. The maximum Gasteiger partial charge on any atom is 0.332 e. The molecule has 2 aromatic carbocycles. The molecule has 158 valence electrons. The summed E-state index contributed by atoms with van der Waals surface area (Å²) in [4.78, 5) is 33.5. The van der Waals surface area contributed by atoms with Crippen molar-refractivity contribution >= 4 is 22.8 Å². The average molecular weight is 415 g/mol. The molecule has 3 heterocycles. The van der Waals surface area contributed by atoms with Gasteiger partial charge in [-0.2, -0.15) is 4.98 Å². The number of hydrogen-bond donors (Lipinski definition) is 0. The van der Waals surface area contributed by atoms with Gasteiger partial charge in [0.25, 0.3) is 5.56 Å². The first-order chi connectivity index (χ1) is 14.9. The van der Waals surface area contributed by atoms with Gasteiger partial charge in [-0.1, -0.05) is 49.4 Å². The number of imidazole rings is 1. The van der Waals surface area contributed by atoms with Gasteiger partial charge in [-0.3, -0.25) is 13.9 Å². The summed E-state index contributed by atoms with van der Waals surface area (Å²) in [5, 5.41) is 0. The van der Waals surface area contributed by atoms with Crippen LogP contribution in [0.5, 0.6) is 0 Å². The Balaban J connectivity index is 1.74. The molecule has 0 bridgehead atoms. The SMILES string of the molecule is Cc1cccc(N2C[C@@H](C)Cn3c2nc2c3c(=O)n(Cc3ccccc3)c(=O)n2C)c1. The highest BCUT2D eigenvalue weighted by Gasteiger charge is 2.29. The van der Waals surface area contributed by atoms with E-state index in [1.807, 2.05) is 41.0 Å². The fourth-order valence-corrected chi connectivity index (χ4v) is 4.42. The standard InChI is InChI=1S/C24H25N5O2/c1-16-8-7-11-19(12-16)27-13-17(2)14-28-20-21(25-23(27)28)26(3)24(31)29(22(20)30)15-18-9-5-4-6-10-18/h4-12,17H,13-15H2,1-3H3/t17-/m1/s1. The molecule has 1 atom stereocenters. The van der Waals surface area contributed by atoms with Gasteiger partial charge >= 0.3 is 5.69 Å². The molecule has 31 heavy (non-hydrogen) atoms. The first-order valence-corrected chi connectivity index (χ1v) is 10.5. The third kappa shape index (κ3) is 3.17. The smallest absolute Gasteiger partial charge is 0.312 e. The molecule has 7 heteroatoms. The maximum absolute atomic E-state index is 13.5. The van der Waals surface area contributed by atoms with Crippen LogP contribution in [0.4, 0.5) is 11.6 Å². The molecule has 0 aliphatic carbocycles. The van der Waals surface area contributed by atoms with Crippen LogP contribution in [-0.2, 0) is 20.1 Å². The van der Waals surface area contributed by atoms with Crippen LogP contribution in [0.1, 0.15) is 18.1 Å². The van der Waals surface area contributed by atoms with Crippen molar-refractivity contribution in [2.24, 2.45) is 13.0 Å². The van der Waals surface area contributed by atoms with Crippen LogP contribution in [0.3, 0.4) is 0 Å². The van der Waals surface area contributed by atoms with Crippen molar-refractivity contribution in [3.63, 3.8) is 0 Å². The highest BCUT2D eigenvalue weighted by atomic mass is 16.2. The van der Waals surface area contributed by atoms with E-state index < -0.39 is 0 Å². The van der Waals surface area contributed by atoms with Crippen molar-refractivity contribution in [2.75, 3.05) is 11.4 Å².